The first-order valence-electron chi connectivity index (χ1n) is 5.37. The minimum absolute atomic E-state index is 0.302. The number of hydrogen-bond acceptors (Lipinski definition) is 1. The van der Waals surface area contributed by atoms with Crippen LogP contribution >= 0.6 is 23.2 Å². The normalized spacial score (nSPS) is 12.8. The molecular formula is C12H17Cl2N. The topological polar surface area (TPSA) is 12.0 Å². The van der Waals surface area contributed by atoms with Gasteiger partial charge in [-0.05, 0) is 43.1 Å². The third kappa shape index (κ3) is 3.67. The Morgan fingerprint density at radius 1 is 1.27 bits per heavy atom. The lowest BCUT2D eigenvalue weighted by Gasteiger charge is -2.18. The van der Waals surface area contributed by atoms with E-state index in [9.17, 15) is 0 Å². The van der Waals surface area contributed by atoms with Crippen molar-refractivity contribution in [3.8, 4) is 0 Å². The smallest absolute Gasteiger partial charge is 0.0454 e. The fraction of sp³-hybridized carbons (Fsp3) is 0.500. The van der Waals surface area contributed by atoms with Gasteiger partial charge in [0.15, 0.2) is 0 Å². The molecule has 0 aliphatic rings. The Labute approximate surface area is 102 Å². The van der Waals surface area contributed by atoms with E-state index in [1.54, 1.807) is 0 Å². The van der Waals surface area contributed by atoms with E-state index < -0.39 is 0 Å². The predicted molar refractivity (Wildman–Crippen MR) is 67.8 cm³/mol. The fourth-order valence-electron chi connectivity index (χ4n) is 1.57. The molecule has 0 amide bonds. The third-order valence-corrected chi connectivity index (χ3v) is 2.96. The molecule has 0 heterocycles. The number of halogens is 2. The van der Waals surface area contributed by atoms with Crippen LogP contribution in [0.5, 0.6) is 0 Å². The van der Waals surface area contributed by atoms with E-state index in [4.69, 9.17) is 23.2 Å². The first-order chi connectivity index (χ1) is 7.19. The summed E-state index contributed by atoms with van der Waals surface area (Å²) in [7, 11) is 0. The fourth-order valence-corrected chi connectivity index (χ4v) is 2.00. The van der Waals surface area contributed by atoms with Crippen LogP contribution < -0.4 is 5.32 Å². The van der Waals surface area contributed by atoms with Crippen molar-refractivity contribution in [3.05, 3.63) is 33.8 Å². The van der Waals surface area contributed by atoms with Crippen LogP contribution in [0.1, 0.15) is 38.3 Å². The molecule has 0 fully saturated rings. The zero-order chi connectivity index (χ0) is 11.3. The van der Waals surface area contributed by atoms with E-state index in [2.05, 4.69) is 19.2 Å². The van der Waals surface area contributed by atoms with Crippen molar-refractivity contribution in [2.45, 2.75) is 32.7 Å². The van der Waals surface area contributed by atoms with E-state index in [-0.39, 0.29) is 0 Å². The number of benzene rings is 1. The van der Waals surface area contributed by atoms with E-state index in [0.29, 0.717) is 6.04 Å². The largest absolute Gasteiger partial charge is 0.310 e. The van der Waals surface area contributed by atoms with Crippen LogP contribution in [0.2, 0.25) is 10.0 Å². The Morgan fingerprint density at radius 3 is 2.60 bits per heavy atom. The van der Waals surface area contributed by atoms with Gasteiger partial charge in [0.1, 0.15) is 0 Å². The lowest BCUT2D eigenvalue weighted by molar-refractivity contribution is 0.518. The Morgan fingerprint density at radius 2 is 2.00 bits per heavy atom. The van der Waals surface area contributed by atoms with Crippen molar-refractivity contribution in [3.63, 3.8) is 0 Å². The Balaban J connectivity index is 2.85. The van der Waals surface area contributed by atoms with Crippen molar-refractivity contribution >= 4 is 23.2 Å². The van der Waals surface area contributed by atoms with Crippen LogP contribution in [-0.4, -0.2) is 6.54 Å². The second-order valence-corrected chi connectivity index (χ2v) is 4.42. The summed E-state index contributed by atoms with van der Waals surface area (Å²) in [6.07, 6.45) is 2.13. The molecule has 1 atom stereocenters. The van der Waals surface area contributed by atoms with Gasteiger partial charge in [0.2, 0.25) is 0 Å². The Kier molecular flexibility index (Phi) is 5.44. The van der Waals surface area contributed by atoms with E-state index >= 15 is 0 Å². The maximum absolute atomic E-state index is 6.15. The van der Waals surface area contributed by atoms with Gasteiger partial charge in [0.05, 0.1) is 0 Å². The van der Waals surface area contributed by atoms with Crippen LogP contribution in [0, 0.1) is 0 Å². The summed E-state index contributed by atoms with van der Waals surface area (Å²) in [4.78, 5) is 0. The summed E-state index contributed by atoms with van der Waals surface area (Å²) < 4.78 is 0. The number of rotatable bonds is 5. The maximum Gasteiger partial charge on any atom is 0.0454 e. The molecule has 0 spiro atoms. The Hall–Kier alpha value is -0.240. The summed E-state index contributed by atoms with van der Waals surface area (Å²) in [6, 6.07) is 5.92. The lowest BCUT2D eigenvalue weighted by Crippen LogP contribution is -2.21. The zero-order valence-corrected chi connectivity index (χ0v) is 10.7. The molecule has 0 aliphatic carbocycles. The minimum Gasteiger partial charge on any atom is -0.310 e. The molecule has 1 aromatic rings. The van der Waals surface area contributed by atoms with Crippen LogP contribution in [-0.2, 0) is 0 Å². The van der Waals surface area contributed by atoms with E-state index in [1.807, 2.05) is 18.2 Å². The average Bonchev–Trinajstić information content (AvgIpc) is 2.24. The highest BCUT2D eigenvalue weighted by Gasteiger charge is 2.12. The summed E-state index contributed by atoms with van der Waals surface area (Å²) in [6.45, 7) is 5.30. The summed E-state index contributed by atoms with van der Waals surface area (Å²) in [5.41, 5.74) is 1.10. The second-order valence-electron chi connectivity index (χ2n) is 3.58. The molecule has 1 rings (SSSR count). The molecule has 0 aliphatic heterocycles. The molecule has 0 radical (unpaired) electrons. The predicted octanol–water partition coefficient (Wildman–Crippen LogP) is 4.44. The molecule has 1 aromatic carbocycles. The molecule has 1 N–H and O–H groups in total. The molecule has 0 saturated carbocycles. The van der Waals surface area contributed by atoms with Gasteiger partial charge < -0.3 is 5.32 Å². The van der Waals surface area contributed by atoms with Crippen LogP contribution in [0.15, 0.2) is 18.2 Å². The van der Waals surface area contributed by atoms with Crippen molar-refractivity contribution in [1.82, 2.24) is 5.32 Å². The average molecular weight is 246 g/mol. The molecular weight excluding hydrogens is 229 g/mol. The second kappa shape index (κ2) is 6.37. The van der Waals surface area contributed by atoms with Gasteiger partial charge in [0, 0.05) is 16.1 Å². The van der Waals surface area contributed by atoms with Crippen LogP contribution in [0.4, 0.5) is 0 Å². The zero-order valence-electron chi connectivity index (χ0n) is 9.19. The van der Waals surface area contributed by atoms with Gasteiger partial charge >= 0.3 is 0 Å². The molecule has 1 unspecified atom stereocenters. The van der Waals surface area contributed by atoms with Gasteiger partial charge in [0.25, 0.3) is 0 Å². The highest BCUT2D eigenvalue weighted by Crippen LogP contribution is 2.27. The molecule has 84 valence electrons. The lowest BCUT2D eigenvalue weighted by atomic mass is 10.0. The quantitative estimate of drug-likeness (QED) is 0.809. The van der Waals surface area contributed by atoms with Crippen molar-refractivity contribution in [2.24, 2.45) is 0 Å². The van der Waals surface area contributed by atoms with E-state index in [0.717, 1.165) is 35.0 Å². The minimum atomic E-state index is 0.302. The molecule has 3 heteroatoms. The highest BCUT2D eigenvalue weighted by atomic mass is 35.5. The van der Waals surface area contributed by atoms with Crippen LogP contribution in [0.3, 0.4) is 0 Å². The first-order valence-corrected chi connectivity index (χ1v) is 6.13. The van der Waals surface area contributed by atoms with Crippen molar-refractivity contribution in [1.29, 1.82) is 0 Å². The standard InChI is InChI=1S/C12H17Cl2N/c1-3-7-15-12(4-2)10-8-9(13)5-6-11(10)14/h5-6,8,12,15H,3-4,7H2,1-2H3. The van der Waals surface area contributed by atoms with E-state index in [1.165, 1.54) is 0 Å². The van der Waals surface area contributed by atoms with Crippen molar-refractivity contribution in [2.75, 3.05) is 6.54 Å². The highest BCUT2D eigenvalue weighted by molar-refractivity contribution is 6.33. The molecule has 0 saturated heterocycles. The maximum atomic E-state index is 6.15. The van der Waals surface area contributed by atoms with Gasteiger partial charge in [-0.3, -0.25) is 0 Å². The molecule has 0 aromatic heterocycles. The van der Waals surface area contributed by atoms with Gasteiger partial charge in [-0.2, -0.15) is 0 Å². The SMILES string of the molecule is CCCNC(CC)c1cc(Cl)ccc1Cl. The summed E-state index contributed by atoms with van der Waals surface area (Å²) in [5, 5.41) is 4.99. The van der Waals surface area contributed by atoms with Gasteiger partial charge in [-0.15, -0.1) is 0 Å². The van der Waals surface area contributed by atoms with Gasteiger partial charge in [-0.1, -0.05) is 37.0 Å². The summed E-state index contributed by atoms with van der Waals surface area (Å²) in [5.74, 6) is 0. The molecule has 0 bridgehead atoms. The number of nitrogens with one attached hydrogen (secondary N) is 1. The third-order valence-electron chi connectivity index (χ3n) is 2.38. The number of hydrogen-bond donors (Lipinski definition) is 1. The van der Waals surface area contributed by atoms with Crippen molar-refractivity contribution < 1.29 is 0 Å². The van der Waals surface area contributed by atoms with Gasteiger partial charge in [-0.25, -0.2) is 0 Å². The first kappa shape index (κ1) is 12.8. The summed E-state index contributed by atoms with van der Waals surface area (Å²) >= 11 is 12.1. The molecule has 1 nitrogen and oxygen atoms in total. The monoisotopic (exact) mass is 245 g/mol. The molecule has 15 heavy (non-hydrogen) atoms. The Bertz CT molecular complexity index is 312. The van der Waals surface area contributed by atoms with Crippen LogP contribution in [0.25, 0.3) is 0 Å².